The fourth-order valence-corrected chi connectivity index (χ4v) is 3.73. The third kappa shape index (κ3) is 3.49. The van der Waals surface area contributed by atoms with Gasteiger partial charge in [0.15, 0.2) is 5.65 Å². The number of nitrogens with zero attached hydrogens (tertiary/aromatic N) is 3. The van der Waals surface area contributed by atoms with Gasteiger partial charge < -0.3 is 5.32 Å². The van der Waals surface area contributed by atoms with Crippen molar-refractivity contribution < 1.29 is 4.79 Å². The molecule has 0 spiro atoms. The molecule has 4 rings (SSSR count). The van der Waals surface area contributed by atoms with Gasteiger partial charge in [-0.1, -0.05) is 47.0 Å². The highest BCUT2D eigenvalue weighted by molar-refractivity contribution is 6.39. The van der Waals surface area contributed by atoms with Gasteiger partial charge in [-0.3, -0.25) is 4.79 Å². The number of pyridine rings is 1. The van der Waals surface area contributed by atoms with Crippen molar-refractivity contribution in [2.75, 3.05) is 5.32 Å². The lowest BCUT2D eigenvalue weighted by molar-refractivity contribution is 0.102. The van der Waals surface area contributed by atoms with Crippen LogP contribution in [0.5, 0.6) is 0 Å². The molecule has 146 valence electrons. The van der Waals surface area contributed by atoms with Crippen LogP contribution in [0, 0.1) is 27.7 Å². The first kappa shape index (κ1) is 19.2. The average Bonchev–Trinajstić information content (AvgIpc) is 3.02. The maximum Gasteiger partial charge on any atom is 0.258 e. The zero-order valence-corrected chi connectivity index (χ0v) is 17.5. The van der Waals surface area contributed by atoms with Gasteiger partial charge in [0.25, 0.3) is 5.91 Å². The molecule has 0 atom stereocenters. The largest absolute Gasteiger partial charge is 0.322 e. The highest BCUT2D eigenvalue weighted by Crippen LogP contribution is 2.30. The van der Waals surface area contributed by atoms with Crippen LogP contribution < -0.4 is 5.32 Å². The summed E-state index contributed by atoms with van der Waals surface area (Å²) in [6.45, 7) is 7.88. The van der Waals surface area contributed by atoms with Crippen molar-refractivity contribution in [3.8, 4) is 5.69 Å². The van der Waals surface area contributed by atoms with Gasteiger partial charge in [0, 0.05) is 11.9 Å². The van der Waals surface area contributed by atoms with Gasteiger partial charge in [-0.25, -0.2) is 9.67 Å². The molecule has 0 aliphatic heterocycles. The average molecular weight is 405 g/mol. The van der Waals surface area contributed by atoms with Gasteiger partial charge in [0.2, 0.25) is 0 Å². The topological polar surface area (TPSA) is 59.8 Å². The summed E-state index contributed by atoms with van der Waals surface area (Å²) in [5.74, 6) is -0.293. The number of nitrogens with one attached hydrogen (secondary N) is 1. The van der Waals surface area contributed by atoms with Crippen molar-refractivity contribution in [2.24, 2.45) is 0 Å². The minimum atomic E-state index is -0.293. The summed E-state index contributed by atoms with van der Waals surface area (Å²) in [5, 5.41) is 8.57. The van der Waals surface area contributed by atoms with E-state index in [0.717, 1.165) is 28.2 Å². The summed E-state index contributed by atoms with van der Waals surface area (Å²) in [4.78, 5) is 17.4. The van der Waals surface area contributed by atoms with E-state index in [-0.39, 0.29) is 5.91 Å². The lowest BCUT2D eigenvalue weighted by atomic mass is 10.1. The molecule has 5 nitrogen and oxygen atoms in total. The number of benzene rings is 2. The quantitative estimate of drug-likeness (QED) is 0.486. The maximum absolute atomic E-state index is 12.9. The molecule has 0 radical (unpaired) electrons. The molecule has 0 saturated carbocycles. The normalized spacial score (nSPS) is 11.1. The standard InChI is InChI=1S/C23H21ClN4O/c1-13-5-8-17(9-6-13)28-22-20(16(4)27-28)21(24)18(12-25-22)23(29)26-19-10-7-14(2)11-15(19)3/h5-12H,1-4H3,(H,26,29). The van der Waals surface area contributed by atoms with Crippen molar-refractivity contribution in [3.05, 3.63) is 81.6 Å². The zero-order chi connectivity index (χ0) is 20.7. The molecular formula is C23H21ClN4O. The van der Waals surface area contributed by atoms with E-state index in [1.54, 1.807) is 4.68 Å². The lowest BCUT2D eigenvalue weighted by Gasteiger charge is -2.10. The molecule has 1 N–H and O–H groups in total. The van der Waals surface area contributed by atoms with Crippen LogP contribution in [0.15, 0.2) is 48.7 Å². The molecule has 2 heterocycles. The number of hydrogen-bond acceptors (Lipinski definition) is 3. The third-order valence-electron chi connectivity index (χ3n) is 4.96. The van der Waals surface area contributed by atoms with Crippen molar-refractivity contribution in [2.45, 2.75) is 27.7 Å². The predicted molar refractivity (Wildman–Crippen MR) is 117 cm³/mol. The molecule has 0 aliphatic carbocycles. The Balaban J connectivity index is 1.75. The van der Waals surface area contributed by atoms with E-state index in [9.17, 15) is 4.79 Å². The molecule has 0 fully saturated rings. The fraction of sp³-hybridized carbons (Fsp3) is 0.174. The highest BCUT2D eigenvalue weighted by atomic mass is 35.5. The number of amides is 1. The first-order valence-electron chi connectivity index (χ1n) is 9.34. The Morgan fingerprint density at radius 2 is 1.69 bits per heavy atom. The van der Waals surface area contributed by atoms with Crippen LogP contribution in [-0.2, 0) is 0 Å². The summed E-state index contributed by atoms with van der Waals surface area (Å²) in [7, 11) is 0. The molecule has 0 unspecified atom stereocenters. The molecule has 0 aliphatic rings. The van der Waals surface area contributed by atoms with Crippen LogP contribution in [0.1, 0.15) is 32.7 Å². The number of fused-ring (bicyclic) bond motifs is 1. The second-order valence-electron chi connectivity index (χ2n) is 7.29. The van der Waals surface area contributed by atoms with Crippen LogP contribution >= 0.6 is 11.6 Å². The molecular weight excluding hydrogens is 384 g/mol. The Morgan fingerprint density at radius 3 is 2.38 bits per heavy atom. The van der Waals surface area contributed by atoms with Crippen molar-refractivity contribution in [1.29, 1.82) is 0 Å². The van der Waals surface area contributed by atoms with Gasteiger partial charge >= 0.3 is 0 Å². The molecule has 2 aromatic heterocycles. The number of anilines is 1. The first-order chi connectivity index (χ1) is 13.8. The van der Waals surface area contributed by atoms with Crippen LogP contribution in [0.4, 0.5) is 5.69 Å². The lowest BCUT2D eigenvalue weighted by Crippen LogP contribution is -2.14. The zero-order valence-electron chi connectivity index (χ0n) is 16.7. The van der Waals surface area contributed by atoms with E-state index in [2.05, 4.69) is 15.4 Å². The van der Waals surface area contributed by atoms with Crippen molar-refractivity contribution >= 4 is 34.2 Å². The first-order valence-corrected chi connectivity index (χ1v) is 9.72. The van der Waals surface area contributed by atoms with E-state index in [0.29, 0.717) is 21.6 Å². The van der Waals surface area contributed by atoms with E-state index in [4.69, 9.17) is 11.6 Å². The number of halogens is 1. The Kier molecular flexibility index (Phi) is 4.84. The number of carbonyl (C=O) groups is 1. The molecule has 1 amide bonds. The Hall–Kier alpha value is -3.18. The van der Waals surface area contributed by atoms with Crippen LogP contribution in [0.3, 0.4) is 0 Å². The van der Waals surface area contributed by atoms with Gasteiger partial charge in [-0.05, 0) is 51.5 Å². The summed E-state index contributed by atoms with van der Waals surface area (Å²) < 4.78 is 1.75. The fourth-order valence-electron chi connectivity index (χ4n) is 3.38. The summed E-state index contributed by atoms with van der Waals surface area (Å²) in [6, 6.07) is 13.9. The molecule has 4 aromatic rings. The second-order valence-corrected chi connectivity index (χ2v) is 7.67. The molecule has 6 heteroatoms. The monoisotopic (exact) mass is 404 g/mol. The van der Waals surface area contributed by atoms with E-state index in [1.807, 2.05) is 70.2 Å². The number of hydrogen-bond donors (Lipinski definition) is 1. The summed E-state index contributed by atoms with van der Waals surface area (Å²) in [6.07, 6.45) is 1.51. The van der Waals surface area contributed by atoms with E-state index >= 15 is 0 Å². The summed E-state index contributed by atoms with van der Waals surface area (Å²) >= 11 is 6.64. The van der Waals surface area contributed by atoms with Crippen LogP contribution in [0.25, 0.3) is 16.7 Å². The van der Waals surface area contributed by atoms with Gasteiger partial charge in [0.05, 0.1) is 27.4 Å². The van der Waals surface area contributed by atoms with Crippen LogP contribution in [0.2, 0.25) is 5.02 Å². The van der Waals surface area contributed by atoms with E-state index < -0.39 is 0 Å². The molecule has 2 aromatic carbocycles. The highest BCUT2D eigenvalue weighted by Gasteiger charge is 2.20. The Morgan fingerprint density at radius 1 is 1.00 bits per heavy atom. The predicted octanol–water partition coefficient (Wildman–Crippen LogP) is 5.56. The SMILES string of the molecule is Cc1ccc(-n2nc(C)c3c(Cl)c(C(=O)Nc4ccc(C)cc4C)cnc32)cc1. The smallest absolute Gasteiger partial charge is 0.258 e. The van der Waals surface area contributed by atoms with Crippen molar-refractivity contribution in [3.63, 3.8) is 0 Å². The van der Waals surface area contributed by atoms with Crippen LogP contribution in [-0.4, -0.2) is 20.7 Å². The number of aryl methyl sites for hydroxylation is 4. The summed E-state index contributed by atoms with van der Waals surface area (Å²) in [5.41, 5.74) is 6.61. The number of aromatic nitrogens is 3. The van der Waals surface area contributed by atoms with E-state index in [1.165, 1.54) is 11.8 Å². The van der Waals surface area contributed by atoms with Gasteiger partial charge in [0.1, 0.15) is 0 Å². The van der Waals surface area contributed by atoms with Gasteiger partial charge in [-0.15, -0.1) is 0 Å². The second kappa shape index (κ2) is 7.33. The van der Waals surface area contributed by atoms with Gasteiger partial charge in [-0.2, -0.15) is 5.10 Å². The molecule has 0 saturated heterocycles. The minimum Gasteiger partial charge on any atom is -0.322 e. The Bertz CT molecular complexity index is 1240. The number of rotatable bonds is 3. The minimum absolute atomic E-state index is 0.293. The molecule has 29 heavy (non-hydrogen) atoms. The number of carbonyl (C=O) groups excluding carboxylic acids is 1. The molecule has 0 bridgehead atoms. The van der Waals surface area contributed by atoms with Crippen molar-refractivity contribution in [1.82, 2.24) is 14.8 Å². The Labute approximate surface area is 174 Å². The maximum atomic E-state index is 12.9. The third-order valence-corrected chi connectivity index (χ3v) is 5.35.